The smallest absolute Gasteiger partial charge is 0.0124 e. The van der Waals surface area contributed by atoms with Crippen molar-refractivity contribution in [2.24, 2.45) is 17.1 Å². The Kier molecular flexibility index (Phi) is 3.91. The molecule has 2 heteroatoms. The molecule has 2 rings (SSSR count). The molecule has 0 bridgehead atoms. The van der Waals surface area contributed by atoms with E-state index in [1.54, 1.807) is 0 Å². The SMILES string of the molecule is CC(C)(CN)CN1CCCC1C1CCCC1. The second-order valence-electron chi connectivity index (χ2n) is 6.59. The van der Waals surface area contributed by atoms with Crippen molar-refractivity contribution >= 4 is 0 Å². The van der Waals surface area contributed by atoms with Gasteiger partial charge in [-0.1, -0.05) is 26.7 Å². The first-order valence-corrected chi connectivity index (χ1v) is 7.06. The van der Waals surface area contributed by atoms with Crippen LogP contribution in [0.2, 0.25) is 0 Å². The number of rotatable bonds is 4. The van der Waals surface area contributed by atoms with Gasteiger partial charge in [0.25, 0.3) is 0 Å². The molecule has 0 spiro atoms. The molecule has 0 amide bonds. The van der Waals surface area contributed by atoms with Crippen molar-refractivity contribution in [1.29, 1.82) is 0 Å². The lowest BCUT2D eigenvalue weighted by Gasteiger charge is -2.35. The Balaban J connectivity index is 1.92. The quantitative estimate of drug-likeness (QED) is 0.795. The minimum atomic E-state index is 0.293. The van der Waals surface area contributed by atoms with Crippen molar-refractivity contribution < 1.29 is 0 Å². The number of hydrogen-bond donors (Lipinski definition) is 1. The van der Waals surface area contributed by atoms with Crippen LogP contribution in [-0.2, 0) is 0 Å². The van der Waals surface area contributed by atoms with Gasteiger partial charge in [0.15, 0.2) is 0 Å². The summed E-state index contributed by atoms with van der Waals surface area (Å²) in [7, 11) is 0. The van der Waals surface area contributed by atoms with E-state index in [4.69, 9.17) is 5.73 Å². The van der Waals surface area contributed by atoms with Crippen LogP contribution in [0.1, 0.15) is 52.4 Å². The van der Waals surface area contributed by atoms with E-state index in [1.165, 1.54) is 51.6 Å². The molecule has 2 aliphatic rings. The van der Waals surface area contributed by atoms with Crippen molar-refractivity contribution in [1.82, 2.24) is 4.90 Å². The summed E-state index contributed by atoms with van der Waals surface area (Å²) in [4.78, 5) is 2.74. The zero-order valence-electron chi connectivity index (χ0n) is 11.0. The summed E-state index contributed by atoms with van der Waals surface area (Å²) in [5, 5.41) is 0. The fourth-order valence-corrected chi connectivity index (χ4v) is 3.54. The Bertz CT molecular complexity index is 219. The standard InChI is InChI=1S/C14H28N2/c1-14(2,10-15)11-16-9-5-8-13(16)12-6-3-4-7-12/h12-13H,3-11,15H2,1-2H3. The fourth-order valence-electron chi connectivity index (χ4n) is 3.54. The Labute approximate surface area is 101 Å². The number of nitrogens with two attached hydrogens (primary N) is 1. The van der Waals surface area contributed by atoms with Gasteiger partial charge in [0.2, 0.25) is 0 Å². The van der Waals surface area contributed by atoms with Gasteiger partial charge in [-0.2, -0.15) is 0 Å². The number of hydrogen-bond acceptors (Lipinski definition) is 2. The monoisotopic (exact) mass is 224 g/mol. The van der Waals surface area contributed by atoms with Gasteiger partial charge in [-0.15, -0.1) is 0 Å². The van der Waals surface area contributed by atoms with E-state index in [2.05, 4.69) is 18.7 Å². The molecule has 2 N–H and O–H groups in total. The predicted molar refractivity (Wildman–Crippen MR) is 69.4 cm³/mol. The summed E-state index contributed by atoms with van der Waals surface area (Å²) in [5.41, 5.74) is 6.15. The van der Waals surface area contributed by atoms with Crippen LogP contribution in [0.15, 0.2) is 0 Å². The van der Waals surface area contributed by atoms with Crippen molar-refractivity contribution in [3.63, 3.8) is 0 Å². The second-order valence-corrected chi connectivity index (χ2v) is 6.59. The van der Waals surface area contributed by atoms with Gasteiger partial charge in [-0.3, -0.25) is 4.90 Å². The first kappa shape index (κ1) is 12.4. The molecule has 0 aromatic rings. The molecule has 2 nitrogen and oxygen atoms in total. The van der Waals surface area contributed by atoms with Gasteiger partial charge in [-0.05, 0) is 50.1 Å². The van der Waals surface area contributed by atoms with E-state index in [0.717, 1.165) is 18.5 Å². The minimum Gasteiger partial charge on any atom is -0.330 e. The molecule has 1 saturated carbocycles. The largest absolute Gasteiger partial charge is 0.330 e. The van der Waals surface area contributed by atoms with Gasteiger partial charge in [0, 0.05) is 12.6 Å². The van der Waals surface area contributed by atoms with Crippen LogP contribution in [0.25, 0.3) is 0 Å². The molecule has 0 aromatic carbocycles. The third-order valence-electron chi connectivity index (χ3n) is 4.54. The van der Waals surface area contributed by atoms with Crippen LogP contribution in [0.4, 0.5) is 0 Å². The lowest BCUT2D eigenvalue weighted by molar-refractivity contribution is 0.134. The Morgan fingerprint density at radius 1 is 1.12 bits per heavy atom. The predicted octanol–water partition coefficient (Wildman–Crippen LogP) is 2.63. The van der Waals surface area contributed by atoms with E-state index in [0.29, 0.717) is 5.41 Å². The molecule has 1 unspecified atom stereocenters. The maximum atomic E-state index is 5.86. The minimum absolute atomic E-state index is 0.293. The zero-order valence-corrected chi connectivity index (χ0v) is 11.0. The van der Waals surface area contributed by atoms with E-state index in [-0.39, 0.29) is 0 Å². The van der Waals surface area contributed by atoms with Crippen LogP contribution >= 0.6 is 0 Å². The summed E-state index contributed by atoms with van der Waals surface area (Å²) in [6.07, 6.45) is 8.73. The molecule has 1 saturated heterocycles. The molecule has 2 fully saturated rings. The maximum Gasteiger partial charge on any atom is 0.0124 e. The highest BCUT2D eigenvalue weighted by atomic mass is 15.2. The third kappa shape index (κ3) is 2.78. The van der Waals surface area contributed by atoms with Crippen molar-refractivity contribution in [2.75, 3.05) is 19.6 Å². The van der Waals surface area contributed by atoms with Gasteiger partial charge in [-0.25, -0.2) is 0 Å². The Morgan fingerprint density at radius 3 is 2.44 bits per heavy atom. The molecular formula is C14H28N2. The average Bonchev–Trinajstić information content (AvgIpc) is 2.86. The highest BCUT2D eigenvalue weighted by Crippen LogP contribution is 2.36. The molecule has 1 heterocycles. The van der Waals surface area contributed by atoms with E-state index < -0.39 is 0 Å². The zero-order chi connectivity index (χ0) is 11.6. The molecule has 0 aromatic heterocycles. The van der Waals surface area contributed by atoms with Gasteiger partial charge in [0.05, 0.1) is 0 Å². The Morgan fingerprint density at radius 2 is 1.81 bits per heavy atom. The van der Waals surface area contributed by atoms with E-state index >= 15 is 0 Å². The fraction of sp³-hybridized carbons (Fsp3) is 1.00. The maximum absolute atomic E-state index is 5.86. The van der Waals surface area contributed by atoms with Crippen LogP contribution in [-0.4, -0.2) is 30.6 Å². The Hall–Kier alpha value is -0.0800. The van der Waals surface area contributed by atoms with Crippen molar-refractivity contribution in [3.8, 4) is 0 Å². The highest BCUT2D eigenvalue weighted by molar-refractivity contribution is 4.89. The molecular weight excluding hydrogens is 196 g/mol. The molecule has 94 valence electrons. The van der Waals surface area contributed by atoms with Crippen LogP contribution in [0.5, 0.6) is 0 Å². The van der Waals surface area contributed by atoms with Crippen molar-refractivity contribution in [2.45, 2.75) is 58.4 Å². The van der Waals surface area contributed by atoms with Gasteiger partial charge < -0.3 is 5.73 Å². The van der Waals surface area contributed by atoms with Crippen molar-refractivity contribution in [3.05, 3.63) is 0 Å². The number of likely N-dealkylation sites (tertiary alicyclic amines) is 1. The number of nitrogens with zero attached hydrogens (tertiary/aromatic N) is 1. The second kappa shape index (κ2) is 5.05. The lowest BCUT2D eigenvalue weighted by Crippen LogP contribution is -2.43. The van der Waals surface area contributed by atoms with Crippen LogP contribution in [0, 0.1) is 11.3 Å². The summed E-state index contributed by atoms with van der Waals surface area (Å²) in [5.74, 6) is 0.996. The summed E-state index contributed by atoms with van der Waals surface area (Å²) in [6.45, 7) is 7.92. The van der Waals surface area contributed by atoms with Crippen LogP contribution < -0.4 is 5.73 Å². The van der Waals surface area contributed by atoms with Gasteiger partial charge in [0.1, 0.15) is 0 Å². The summed E-state index contributed by atoms with van der Waals surface area (Å²) in [6, 6.07) is 0.883. The van der Waals surface area contributed by atoms with Crippen LogP contribution in [0.3, 0.4) is 0 Å². The normalized spacial score (nSPS) is 29.1. The molecule has 1 aliphatic carbocycles. The van der Waals surface area contributed by atoms with E-state index in [1.807, 2.05) is 0 Å². The molecule has 0 radical (unpaired) electrons. The topological polar surface area (TPSA) is 29.3 Å². The third-order valence-corrected chi connectivity index (χ3v) is 4.54. The lowest BCUT2D eigenvalue weighted by atomic mass is 9.90. The molecule has 1 aliphatic heterocycles. The first-order chi connectivity index (χ1) is 7.62. The highest BCUT2D eigenvalue weighted by Gasteiger charge is 2.35. The summed E-state index contributed by atoms with van der Waals surface area (Å²) >= 11 is 0. The average molecular weight is 224 g/mol. The molecule has 16 heavy (non-hydrogen) atoms. The first-order valence-electron chi connectivity index (χ1n) is 7.06. The molecule has 1 atom stereocenters. The van der Waals surface area contributed by atoms with E-state index in [9.17, 15) is 0 Å². The van der Waals surface area contributed by atoms with Gasteiger partial charge >= 0.3 is 0 Å². The summed E-state index contributed by atoms with van der Waals surface area (Å²) < 4.78 is 0.